The number of fused-ring (bicyclic) bond motifs is 1. The summed E-state index contributed by atoms with van der Waals surface area (Å²) in [6, 6.07) is 3.50. The van der Waals surface area contributed by atoms with Crippen LogP contribution in [0.15, 0.2) is 27.4 Å². The van der Waals surface area contributed by atoms with Gasteiger partial charge in [-0.25, -0.2) is 4.79 Å². The van der Waals surface area contributed by atoms with Gasteiger partial charge in [0.25, 0.3) is 5.91 Å². The zero-order valence-corrected chi connectivity index (χ0v) is 16.3. The van der Waals surface area contributed by atoms with Crippen LogP contribution in [-0.4, -0.2) is 34.7 Å². The van der Waals surface area contributed by atoms with Crippen LogP contribution in [0.2, 0.25) is 0 Å². The highest BCUT2D eigenvalue weighted by Crippen LogP contribution is 2.35. The van der Waals surface area contributed by atoms with Crippen LogP contribution >= 0.6 is 0 Å². The van der Waals surface area contributed by atoms with Gasteiger partial charge in [0.15, 0.2) is 11.3 Å². The number of amides is 1. The smallest absolute Gasteiger partial charge is 0.353 e. The van der Waals surface area contributed by atoms with Gasteiger partial charge in [-0.1, -0.05) is 31.7 Å². The van der Waals surface area contributed by atoms with E-state index in [1.165, 1.54) is 38.7 Å². The highest BCUT2D eigenvalue weighted by atomic mass is 16.5. The molecule has 1 atom stereocenters. The molecule has 0 bridgehead atoms. The summed E-state index contributed by atoms with van der Waals surface area (Å²) in [7, 11) is 0. The number of hydrogen-bond donors (Lipinski definition) is 3. The molecule has 3 rings (SSSR count). The summed E-state index contributed by atoms with van der Waals surface area (Å²) in [5.41, 5.74) is -1.61. The summed E-state index contributed by atoms with van der Waals surface area (Å²) in [5, 5.41) is 21.8. The van der Waals surface area contributed by atoms with Crippen molar-refractivity contribution in [3.63, 3.8) is 0 Å². The van der Waals surface area contributed by atoms with E-state index in [1.807, 2.05) is 0 Å². The van der Waals surface area contributed by atoms with Crippen molar-refractivity contribution in [1.29, 1.82) is 0 Å². The van der Waals surface area contributed by atoms with Crippen LogP contribution in [0.1, 0.15) is 55.8 Å². The highest BCUT2D eigenvalue weighted by Gasteiger charge is 2.25. The molecule has 1 aromatic heterocycles. The molecule has 0 spiro atoms. The zero-order chi connectivity index (χ0) is 21.0. The van der Waals surface area contributed by atoms with Crippen LogP contribution in [0, 0.1) is 5.92 Å². The van der Waals surface area contributed by atoms with Gasteiger partial charge in [-0.3, -0.25) is 9.59 Å². The van der Waals surface area contributed by atoms with E-state index in [9.17, 15) is 19.5 Å². The molecule has 8 heteroatoms. The Morgan fingerprint density at radius 3 is 2.72 bits per heavy atom. The third-order valence-electron chi connectivity index (χ3n) is 5.30. The topological polar surface area (TPSA) is 126 Å². The monoisotopic (exact) mass is 403 g/mol. The molecule has 2 aromatic rings. The first-order valence-electron chi connectivity index (χ1n) is 9.83. The molecular weight excluding hydrogens is 378 g/mol. The maximum Gasteiger partial charge on any atom is 0.353 e. The molecule has 156 valence electrons. The predicted octanol–water partition coefficient (Wildman–Crippen LogP) is 3.05. The first-order valence-corrected chi connectivity index (χ1v) is 9.83. The minimum Gasteiger partial charge on any atom is -0.506 e. The van der Waals surface area contributed by atoms with E-state index in [-0.39, 0.29) is 11.0 Å². The number of nitrogens with one attached hydrogen (secondary N) is 1. The van der Waals surface area contributed by atoms with Gasteiger partial charge in [0.05, 0.1) is 6.61 Å². The molecular formula is C21H25NO7. The number of rotatable bonds is 8. The summed E-state index contributed by atoms with van der Waals surface area (Å²) >= 11 is 0. The fourth-order valence-corrected chi connectivity index (χ4v) is 3.71. The van der Waals surface area contributed by atoms with Crippen molar-refractivity contribution in [3.8, 4) is 11.5 Å². The van der Waals surface area contributed by atoms with Crippen molar-refractivity contribution in [1.82, 2.24) is 5.32 Å². The molecule has 0 aliphatic heterocycles. The Hall–Kier alpha value is -3.03. The predicted molar refractivity (Wildman–Crippen MR) is 105 cm³/mol. The molecule has 1 fully saturated rings. The van der Waals surface area contributed by atoms with E-state index in [1.54, 1.807) is 12.1 Å². The number of aromatic hydroxyl groups is 1. The van der Waals surface area contributed by atoms with Gasteiger partial charge >= 0.3 is 11.6 Å². The summed E-state index contributed by atoms with van der Waals surface area (Å²) in [6.07, 6.45) is 7.02. The van der Waals surface area contributed by atoms with Gasteiger partial charge in [0.2, 0.25) is 0 Å². The number of carbonyl (C=O) groups is 2. The van der Waals surface area contributed by atoms with E-state index < -0.39 is 34.9 Å². The average molecular weight is 403 g/mol. The first kappa shape index (κ1) is 20.7. The largest absolute Gasteiger partial charge is 0.506 e. The van der Waals surface area contributed by atoms with E-state index in [0.29, 0.717) is 12.4 Å². The maximum atomic E-state index is 12.3. The van der Waals surface area contributed by atoms with Gasteiger partial charge in [-0.2, -0.15) is 0 Å². The van der Waals surface area contributed by atoms with Crippen LogP contribution in [0.4, 0.5) is 0 Å². The average Bonchev–Trinajstić information content (AvgIpc) is 3.18. The lowest BCUT2D eigenvalue weighted by Crippen LogP contribution is -2.40. The second kappa shape index (κ2) is 8.98. The molecule has 0 saturated heterocycles. The molecule has 1 heterocycles. The van der Waals surface area contributed by atoms with Gasteiger partial charge < -0.3 is 24.7 Å². The molecule has 1 aromatic carbocycles. The Balaban J connectivity index is 1.82. The van der Waals surface area contributed by atoms with E-state index in [4.69, 9.17) is 14.3 Å². The molecule has 1 aliphatic rings. The summed E-state index contributed by atoms with van der Waals surface area (Å²) in [5.74, 6) is -1.84. The third kappa shape index (κ3) is 4.70. The minimum absolute atomic E-state index is 0.0867. The van der Waals surface area contributed by atoms with Crippen molar-refractivity contribution < 1.29 is 29.0 Å². The Morgan fingerprint density at radius 2 is 2.03 bits per heavy atom. The minimum atomic E-state index is -1.27. The SMILES string of the molecule is CC(NC(=O)c1c(O)c2c(OCCCC3CCCC3)cccc2oc1=O)C(=O)O. The van der Waals surface area contributed by atoms with Crippen LogP contribution in [-0.2, 0) is 4.79 Å². The van der Waals surface area contributed by atoms with Gasteiger partial charge in [-0.05, 0) is 37.8 Å². The molecule has 0 radical (unpaired) electrons. The van der Waals surface area contributed by atoms with Crippen molar-refractivity contribution in [2.24, 2.45) is 5.92 Å². The number of hydrogen-bond acceptors (Lipinski definition) is 6. The molecule has 29 heavy (non-hydrogen) atoms. The maximum absolute atomic E-state index is 12.3. The lowest BCUT2D eigenvalue weighted by molar-refractivity contribution is -0.138. The third-order valence-corrected chi connectivity index (χ3v) is 5.30. The molecule has 1 unspecified atom stereocenters. The number of carboxylic acids is 1. The Labute approximate surface area is 167 Å². The molecule has 8 nitrogen and oxygen atoms in total. The lowest BCUT2D eigenvalue weighted by Gasteiger charge is -2.14. The number of carboxylic acid groups (broad SMARTS) is 1. The summed E-state index contributed by atoms with van der Waals surface area (Å²) in [4.78, 5) is 35.5. The molecule has 1 saturated carbocycles. The number of ether oxygens (including phenoxy) is 1. The number of carbonyl (C=O) groups excluding carboxylic acids is 1. The van der Waals surface area contributed by atoms with Crippen LogP contribution < -0.4 is 15.7 Å². The van der Waals surface area contributed by atoms with Gasteiger partial charge in [0.1, 0.15) is 22.8 Å². The van der Waals surface area contributed by atoms with Crippen molar-refractivity contribution in [3.05, 3.63) is 34.2 Å². The van der Waals surface area contributed by atoms with Crippen molar-refractivity contribution in [2.75, 3.05) is 6.61 Å². The molecule has 3 N–H and O–H groups in total. The Morgan fingerprint density at radius 1 is 1.31 bits per heavy atom. The van der Waals surface area contributed by atoms with Gasteiger partial charge in [-0.15, -0.1) is 0 Å². The normalized spacial score (nSPS) is 15.3. The van der Waals surface area contributed by atoms with Crippen molar-refractivity contribution >= 4 is 22.8 Å². The van der Waals surface area contributed by atoms with Crippen LogP contribution in [0.3, 0.4) is 0 Å². The summed E-state index contributed by atoms with van der Waals surface area (Å²) < 4.78 is 11.0. The van der Waals surface area contributed by atoms with Gasteiger partial charge in [0, 0.05) is 0 Å². The fraction of sp³-hybridized carbons (Fsp3) is 0.476. The van der Waals surface area contributed by atoms with Crippen LogP contribution in [0.25, 0.3) is 11.0 Å². The Bertz CT molecular complexity index is 959. The standard InChI is InChI=1S/C21H25NO7/c1-12(20(25)26)22-19(24)17-18(23)16-14(9-4-10-15(16)29-21(17)27)28-11-5-8-13-6-2-3-7-13/h4,9-10,12-13,23H,2-3,5-8,11H2,1H3,(H,22,24)(H,25,26). The van der Waals surface area contributed by atoms with Crippen LogP contribution in [0.5, 0.6) is 11.5 Å². The van der Waals surface area contributed by atoms with E-state index >= 15 is 0 Å². The second-order valence-corrected chi connectivity index (χ2v) is 7.42. The number of aliphatic carboxylic acids is 1. The first-order chi connectivity index (χ1) is 13.9. The quantitative estimate of drug-likeness (QED) is 0.457. The summed E-state index contributed by atoms with van der Waals surface area (Å²) in [6.45, 7) is 1.69. The van der Waals surface area contributed by atoms with E-state index in [2.05, 4.69) is 5.32 Å². The zero-order valence-electron chi connectivity index (χ0n) is 16.3. The highest BCUT2D eigenvalue weighted by molar-refractivity contribution is 6.04. The lowest BCUT2D eigenvalue weighted by atomic mass is 10.0. The fourth-order valence-electron chi connectivity index (χ4n) is 3.71. The molecule has 1 aliphatic carbocycles. The Kier molecular flexibility index (Phi) is 6.41. The molecule has 1 amide bonds. The van der Waals surface area contributed by atoms with E-state index in [0.717, 1.165) is 18.8 Å². The second-order valence-electron chi connectivity index (χ2n) is 7.42. The number of benzene rings is 1. The van der Waals surface area contributed by atoms with Crippen molar-refractivity contribution in [2.45, 2.75) is 51.5 Å².